The molecular formula is C10H14N4O. The minimum absolute atomic E-state index is 0.655. The molecule has 0 radical (unpaired) electrons. The van der Waals surface area contributed by atoms with Crippen LogP contribution in [0.4, 0.5) is 0 Å². The van der Waals surface area contributed by atoms with E-state index in [1.165, 1.54) is 0 Å². The molecule has 2 rings (SSSR count). The molecule has 1 atom stereocenters. The van der Waals surface area contributed by atoms with Gasteiger partial charge in [0.25, 0.3) is 0 Å². The van der Waals surface area contributed by atoms with Gasteiger partial charge in [0.05, 0.1) is 24.4 Å². The smallest absolute Gasteiger partial charge is 0.124 e. The van der Waals surface area contributed by atoms with Crippen LogP contribution in [0, 0.1) is 0 Å². The first-order valence-electron chi connectivity index (χ1n) is 4.89. The lowest BCUT2D eigenvalue weighted by Gasteiger charge is -2.08. The highest BCUT2D eigenvalue weighted by Crippen LogP contribution is 2.20. The Balaban J connectivity index is 2.28. The molecule has 15 heavy (non-hydrogen) atoms. The first-order valence-corrected chi connectivity index (χ1v) is 4.89. The maximum Gasteiger partial charge on any atom is 0.124 e. The van der Waals surface area contributed by atoms with Crippen LogP contribution in [0.2, 0.25) is 0 Å². The third-order valence-corrected chi connectivity index (χ3v) is 2.43. The minimum atomic E-state index is -0.655. The third kappa shape index (κ3) is 1.78. The average molecular weight is 206 g/mol. The van der Waals surface area contributed by atoms with E-state index in [1.807, 2.05) is 20.2 Å². The van der Waals surface area contributed by atoms with E-state index in [9.17, 15) is 5.11 Å². The number of rotatable bonds is 3. The lowest BCUT2D eigenvalue weighted by Crippen LogP contribution is -2.04. The Bertz CT molecular complexity index is 446. The van der Waals surface area contributed by atoms with Gasteiger partial charge in [-0.25, -0.2) is 4.98 Å². The quantitative estimate of drug-likeness (QED) is 0.805. The van der Waals surface area contributed by atoms with E-state index in [-0.39, 0.29) is 0 Å². The Morgan fingerprint density at radius 3 is 2.80 bits per heavy atom. The van der Waals surface area contributed by atoms with Crippen molar-refractivity contribution in [1.29, 1.82) is 0 Å². The molecule has 2 aromatic heterocycles. The highest BCUT2D eigenvalue weighted by atomic mass is 16.3. The molecule has 5 nitrogen and oxygen atoms in total. The van der Waals surface area contributed by atoms with Crippen molar-refractivity contribution in [1.82, 2.24) is 19.3 Å². The van der Waals surface area contributed by atoms with Crippen LogP contribution in [0.25, 0.3) is 0 Å². The summed E-state index contributed by atoms with van der Waals surface area (Å²) in [6.45, 7) is 2.81. The molecule has 5 heteroatoms. The Morgan fingerprint density at radius 2 is 2.27 bits per heavy atom. The Labute approximate surface area is 88.0 Å². The molecule has 1 N–H and O–H groups in total. The van der Waals surface area contributed by atoms with Crippen LogP contribution in [0.5, 0.6) is 0 Å². The Hall–Kier alpha value is -1.62. The van der Waals surface area contributed by atoms with Crippen LogP contribution in [-0.4, -0.2) is 24.4 Å². The van der Waals surface area contributed by atoms with Crippen LogP contribution >= 0.6 is 0 Å². The molecule has 0 fully saturated rings. The van der Waals surface area contributed by atoms with Crippen molar-refractivity contribution in [2.75, 3.05) is 0 Å². The standard InChI is InChI=1S/C10H14N4O/c1-3-14-6-8(4-12-14)10(15)9-5-11-7-13(9)2/h4-7,10,15H,3H2,1-2H3. The lowest BCUT2D eigenvalue weighted by atomic mass is 10.1. The molecular weight excluding hydrogens is 192 g/mol. The molecule has 1 unspecified atom stereocenters. The first-order chi connectivity index (χ1) is 7.22. The summed E-state index contributed by atoms with van der Waals surface area (Å²) in [7, 11) is 1.86. The molecule has 0 saturated carbocycles. The summed E-state index contributed by atoms with van der Waals surface area (Å²) >= 11 is 0. The van der Waals surface area contributed by atoms with Crippen molar-refractivity contribution in [2.24, 2.45) is 7.05 Å². The fourth-order valence-electron chi connectivity index (χ4n) is 1.50. The van der Waals surface area contributed by atoms with Crippen LogP contribution in [-0.2, 0) is 13.6 Å². The maximum atomic E-state index is 10.1. The van der Waals surface area contributed by atoms with E-state index in [4.69, 9.17) is 0 Å². The molecule has 0 aromatic carbocycles. The Kier molecular flexibility index (Phi) is 2.55. The maximum absolute atomic E-state index is 10.1. The van der Waals surface area contributed by atoms with Gasteiger partial charge in [-0.05, 0) is 6.92 Å². The van der Waals surface area contributed by atoms with E-state index < -0.39 is 6.10 Å². The predicted octanol–water partition coefficient (Wildman–Crippen LogP) is 0.718. The van der Waals surface area contributed by atoms with E-state index in [2.05, 4.69) is 10.1 Å². The first kappa shape index (κ1) is 9.92. The predicted molar refractivity (Wildman–Crippen MR) is 55.2 cm³/mol. The van der Waals surface area contributed by atoms with Gasteiger partial charge in [-0.15, -0.1) is 0 Å². The molecule has 0 aliphatic carbocycles. The molecule has 2 aromatic rings. The van der Waals surface area contributed by atoms with Gasteiger partial charge in [-0.2, -0.15) is 5.10 Å². The fourth-order valence-corrected chi connectivity index (χ4v) is 1.50. The molecule has 80 valence electrons. The van der Waals surface area contributed by atoms with Gasteiger partial charge in [-0.3, -0.25) is 4.68 Å². The second-order valence-electron chi connectivity index (χ2n) is 3.46. The molecule has 0 bridgehead atoms. The summed E-state index contributed by atoms with van der Waals surface area (Å²) in [6.07, 6.45) is 6.20. The summed E-state index contributed by atoms with van der Waals surface area (Å²) in [5.74, 6) is 0. The number of hydrogen-bond acceptors (Lipinski definition) is 3. The van der Waals surface area contributed by atoms with E-state index >= 15 is 0 Å². The van der Waals surface area contributed by atoms with Crippen LogP contribution in [0.1, 0.15) is 24.3 Å². The third-order valence-electron chi connectivity index (χ3n) is 2.43. The molecule has 2 heterocycles. The molecule has 0 spiro atoms. The number of nitrogens with zero attached hydrogens (tertiary/aromatic N) is 4. The van der Waals surface area contributed by atoms with Gasteiger partial charge >= 0.3 is 0 Å². The zero-order valence-corrected chi connectivity index (χ0v) is 8.83. The number of hydrogen-bond donors (Lipinski definition) is 1. The lowest BCUT2D eigenvalue weighted by molar-refractivity contribution is 0.211. The molecule has 0 aliphatic rings. The highest BCUT2D eigenvalue weighted by molar-refractivity contribution is 5.19. The zero-order chi connectivity index (χ0) is 10.8. The second-order valence-corrected chi connectivity index (χ2v) is 3.46. The van der Waals surface area contributed by atoms with E-state index in [0.29, 0.717) is 0 Å². The van der Waals surface area contributed by atoms with Crippen molar-refractivity contribution in [3.8, 4) is 0 Å². The minimum Gasteiger partial charge on any atom is -0.382 e. The van der Waals surface area contributed by atoms with Gasteiger partial charge in [0, 0.05) is 25.4 Å². The summed E-state index contributed by atoms with van der Waals surface area (Å²) in [6, 6.07) is 0. The largest absolute Gasteiger partial charge is 0.382 e. The summed E-state index contributed by atoms with van der Waals surface area (Å²) in [4.78, 5) is 3.97. The summed E-state index contributed by atoms with van der Waals surface area (Å²) < 4.78 is 3.59. The van der Waals surface area contributed by atoms with Crippen molar-refractivity contribution < 1.29 is 5.11 Å². The van der Waals surface area contributed by atoms with Gasteiger partial charge in [-0.1, -0.05) is 0 Å². The van der Waals surface area contributed by atoms with Crippen molar-refractivity contribution in [2.45, 2.75) is 19.6 Å². The number of aliphatic hydroxyl groups is 1. The normalized spacial score (nSPS) is 13.0. The van der Waals surface area contributed by atoms with Gasteiger partial charge in [0.2, 0.25) is 0 Å². The van der Waals surface area contributed by atoms with E-state index in [0.717, 1.165) is 17.8 Å². The monoisotopic (exact) mass is 206 g/mol. The average Bonchev–Trinajstić information content (AvgIpc) is 2.84. The molecule has 0 aliphatic heterocycles. The van der Waals surface area contributed by atoms with Crippen LogP contribution < -0.4 is 0 Å². The van der Waals surface area contributed by atoms with Crippen molar-refractivity contribution in [3.05, 3.63) is 36.2 Å². The molecule has 0 amide bonds. The second kappa shape index (κ2) is 3.86. The zero-order valence-electron chi connectivity index (χ0n) is 8.83. The Morgan fingerprint density at radius 1 is 1.47 bits per heavy atom. The number of imidazole rings is 1. The van der Waals surface area contributed by atoms with Gasteiger partial charge < -0.3 is 9.67 Å². The van der Waals surface area contributed by atoms with Crippen LogP contribution in [0.15, 0.2) is 24.9 Å². The fraction of sp³-hybridized carbons (Fsp3) is 0.400. The van der Waals surface area contributed by atoms with Gasteiger partial charge in [0.15, 0.2) is 0 Å². The van der Waals surface area contributed by atoms with Crippen molar-refractivity contribution in [3.63, 3.8) is 0 Å². The SMILES string of the molecule is CCn1cc(C(O)c2cncn2C)cn1. The molecule has 0 saturated heterocycles. The summed E-state index contributed by atoms with van der Waals surface area (Å²) in [5, 5.41) is 14.2. The van der Waals surface area contributed by atoms with Gasteiger partial charge in [0.1, 0.15) is 6.10 Å². The van der Waals surface area contributed by atoms with E-state index in [1.54, 1.807) is 28.0 Å². The van der Waals surface area contributed by atoms with Crippen LogP contribution in [0.3, 0.4) is 0 Å². The van der Waals surface area contributed by atoms with Crippen molar-refractivity contribution >= 4 is 0 Å². The highest BCUT2D eigenvalue weighted by Gasteiger charge is 2.15. The number of aliphatic hydroxyl groups excluding tert-OH is 1. The summed E-state index contributed by atoms with van der Waals surface area (Å²) in [5.41, 5.74) is 1.56. The number of aryl methyl sites for hydroxylation is 2. The topological polar surface area (TPSA) is 55.9 Å². The number of aromatic nitrogens is 4.